The van der Waals surface area contributed by atoms with E-state index in [1.54, 1.807) is 6.92 Å². The lowest BCUT2D eigenvalue weighted by molar-refractivity contribution is -0.151. The first-order valence-corrected chi connectivity index (χ1v) is 5.42. The van der Waals surface area contributed by atoms with Crippen LogP contribution in [0, 0.1) is 5.92 Å². The number of aliphatic hydroxyl groups is 1. The van der Waals surface area contributed by atoms with Crippen LogP contribution in [0.4, 0.5) is 0 Å². The molecule has 0 aliphatic heterocycles. The van der Waals surface area contributed by atoms with Gasteiger partial charge in [0.15, 0.2) is 0 Å². The van der Waals surface area contributed by atoms with Crippen LogP contribution in [0.2, 0.25) is 0 Å². The minimum absolute atomic E-state index is 0.133. The number of ether oxygens (including phenoxy) is 1. The maximum absolute atomic E-state index is 11.1. The summed E-state index contributed by atoms with van der Waals surface area (Å²) in [5.74, 6) is -0.465. The van der Waals surface area contributed by atoms with Crippen LogP contribution >= 0.6 is 0 Å². The quantitative estimate of drug-likeness (QED) is 0.795. The lowest BCUT2D eigenvalue weighted by Crippen LogP contribution is -2.24. The Hall–Kier alpha value is -1.35. The van der Waals surface area contributed by atoms with E-state index in [1.165, 1.54) is 6.92 Å². The molecule has 0 spiro atoms. The van der Waals surface area contributed by atoms with Crippen molar-refractivity contribution in [3.05, 3.63) is 35.9 Å². The SMILES string of the molecule is CC(=O)OC(c1ccccc1)C(C)C(C)O. The molecule has 3 nitrogen and oxygen atoms in total. The zero-order valence-electron chi connectivity index (χ0n) is 9.88. The van der Waals surface area contributed by atoms with E-state index in [-0.39, 0.29) is 11.9 Å². The van der Waals surface area contributed by atoms with Crippen LogP contribution in [-0.4, -0.2) is 17.2 Å². The molecular weight excluding hydrogens is 204 g/mol. The molecule has 0 saturated carbocycles. The number of benzene rings is 1. The van der Waals surface area contributed by atoms with Crippen LogP contribution in [-0.2, 0) is 9.53 Å². The summed E-state index contributed by atoms with van der Waals surface area (Å²) in [4.78, 5) is 11.1. The summed E-state index contributed by atoms with van der Waals surface area (Å²) < 4.78 is 5.26. The van der Waals surface area contributed by atoms with Gasteiger partial charge < -0.3 is 9.84 Å². The van der Waals surface area contributed by atoms with E-state index >= 15 is 0 Å². The van der Waals surface area contributed by atoms with Crippen molar-refractivity contribution in [2.75, 3.05) is 0 Å². The molecule has 3 atom stereocenters. The molecular formula is C13H18O3. The first-order valence-electron chi connectivity index (χ1n) is 5.42. The molecule has 3 unspecified atom stereocenters. The highest BCUT2D eigenvalue weighted by molar-refractivity contribution is 5.66. The lowest BCUT2D eigenvalue weighted by atomic mass is 9.93. The highest BCUT2D eigenvalue weighted by Crippen LogP contribution is 2.28. The van der Waals surface area contributed by atoms with Crippen molar-refractivity contribution in [2.24, 2.45) is 5.92 Å². The summed E-state index contributed by atoms with van der Waals surface area (Å²) in [7, 11) is 0. The minimum atomic E-state index is -0.524. The van der Waals surface area contributed by atoms with Gasteiger partial charge in [0, 0.05) is 12.8 Å². The van der Waals surface area contributed by atoms with E-state index in [2.05, 4.69) is 0 Å². The summed E-state index contributed by atoms with van der Waals surface area (Å²) >= 11 is 0. The summed E-state index contributed by atoms with van der Waals surface area (Å²) in [5.41, 5.74) is 0.908. The molecule has 3 heteroatoms. The van der Waals surface area contributed by atoms with Crippen molar-refractivity contribution in [2.45, 2.75) is 33.0 Å². The monoisotopic (exact) mass is 222 g/mol. The number of hydrogen-bond acceptors (Lipinski definition) is 3. The predicted molar refractivity (Wildman–Crippen MR) is 61.8 cm³/mol. The standard InChI is InChI=1S/C13H18O3/c1-9(10(2)14)13(16-11(3)15)12-7-5-4-6-8-12/h4-10,13-14H,1-3H3. The fraction of sp³-hybridized carbons (Fsp3) is 0.462. The van der Waals surface area contributed by atoms with Gasteiger partial charge in [-0.1, -0.05) is 37.3 Å². The second-order valence-electron chi connectivity index (χ2n) is 4.04. The first kappa shape index (κ1) is 12.7. The summed E-state index contributed by atoms with van der Waals surface area (Å²) in [5, 5.41) is 9.57. The maximum Gasteiger partial charge on any atom is 0.303 e. The maximum atomic E-state index is 11.1. The molecule has 0 aliphatic rings. The Morgan fingerprint density at radius 2 is 1.81 bits per heavy atom. The second-order valence-corrected chi connectivity index (χ2v) is 4.04. The van der Waals surface area contributed by atoms with Gasteiger partial charge in [-0.05, 0) is 12.5 Å². The largest absolute Gasteiger partial charge is 0.457 e. The minimum Gasteiger partial charge on any atom is -0.457 e. The number of carbonyl (C=O) groups is 1. The highest BCUT2D eigenvalue weighted by atomic mass is 16.5. The molecule has 0 aliphatic carbocycles. The number of carbonyl (C=O) groups excluding carboxylic acids is 1. The van der Waals surface area contributed by atoms with Gasteiger partial charge in [0.05, 0.1) is 6.10 Å². The summed E-state index contributed by atoms with van der Waals surface area (Å²) in [6.45, 7) is 4.94. The van der Waals surface area contributed by atoms with Crippen LogP contribution in [0.1, 0.15) is 32.4 Å². The van der Waals surface area contributed by atoms with E-state index in [0.717, 1.165) is 5.56 Å². The Kier molecular flexibility index (Phi) is 4.50. The smallest absolute Gasteiger partial charge is 0.303 e. The fourth-order valence-corrected chi connectivity index (χ4v) is 1.55. The first-order chi connectivity index (χ1) is 7.52. The number of hydrogen-bond donors (Lipinski definition) is 1. The van der Waals surface area contributed by atoms with E-state index in [9.17, 15) is 9.90 Å². The average molecular weight is 222 g/mol. The second kappa shape index (κ2) is 5.66. The Balaban J connectivity index is 2.91. The van der Waals surface area contributed by atoms with E-state index < -0.39 is 12.2 Å². The molecule has 0 amide bonds. The van der Waals surface area contributed by atoms with E-state index in [4.69, 9.17) is 4.74 Å². The van der Waals surface area contributed by atoms with Crippen LogP contribution in [0.5, 0.6) is 0 Å². The van der Waals surface area contributed by atoms with Crippen molar-refractivity contribution in [1.82, 2.24) is 0 Å². The third-order valence-corrected chi connectivity index (χ3v) is 2.66. The van der Waals surface area contributed by atoms with Crippen LogP contribution in [0.3, 0.4) is 0 Å². The zero-order chi connectivity index (χ0) is 12.1. The fourth-order valence-electron chi connectivity index (χ4n) is 1.55. The topological polar surface area (TPSA) is 46.5 Å². The molecule has 1 aromatic rings. The zero-order valence-corrected chi connectivity index (χ0v) is 9.88. The van der Waals surface area contributed by atoms with Gasteiger partial charge in [0.1, 0.15) is 6.10 Å². The van der Waals surface area contributed by atoms with Gasteiger partial charge in [-0.2, -0.15) is 0 Å². The van der Waals surface area contributed by atoms with Crippen LogP contribution in [0.15, 0.2) is 30.3 Å². The Morgan fingerprint density at radius 3 is 2.25 bits per heavy atom. The van der Waals surface area contributed by atoms with Crippen LogP contribution in [0.25, 0.3) is 0 Å². The third-order valence-electron chi connectivity index (χ3n) is 2.66. The summed E-state index contributed by atoms with van der Waals surface area (Å²) in [6, 6.07) is 9.47. The van der Waals surface area contributed by atoms with Crippen molar-refractivity contribution in [1.29, 1.82) is 0 Å². The van der Waals surface area contributed by atoms with Crippen molar-refractivity contribution in [3.63, 3.8) is 0 Å². The lowest BCUT2D eigenvalue weighted by Gasteiger charge is -2.26. The normalized spacial score (nSPS) is 16.2. The predicted octanol–water partition coefficient (Wildman–Crippen LogP) is 2.31. The number of aliphatic hydroxyl groups excluding tert-OH is 1. The van der Waals surface area contributed by atoms with Crippen molar-refractivity contribution in [3.8, 4) is 0 Å². The van der Waals surface area contributed by atoms with Crippen LogP contribution < -0.4 is 0 Å². The van der Waals surface area contributed by atoms with Gasteiger partial charge in [-0.25, -0.2) is 0 Å². The number of esters is 1. The Bertz CT molecular complexity index is 332. The van der Waals surface area contributed by atoms with Gasteiger partial charge in [-0.15, -0.1) is 0 Å². The molecule has 0 fully saturated rings. The van der Waals surface area contributed by atoms with Crippen molar-refractivity contribution >= 4 is 5.97 Å². The van der Waals surface area contributed by atoms with E-state index in [0.29, 0.717) is 0 Å². The molecule has 0 radical (unpaired) electrons. The van der Waals surface area contributed by atoms with E-state index in [1.807, 2.05) is 37.3 Å². The third kappa shape index (κ3) is 3.35. The number of rotatable bonds is 4. The molecule has 88 valence electrons. The molecule has 16 heavy (non-hydrogen) atoms. The van der Waals surface area contributed by atoms with Gasteiger partial charge >= 0.3 is 5.97 Å². The Labute approximate surface area is 96.1 Å². The average Bonchev–Trinajstić information content (AvgIpc) is 2.26. The molecule has 0 saturated heterocycles. The molecule has 1 N–H and O–H groups in total. The van der Waals surface area contributed by atoms with Gasteiger partial charge in [0.2, 0.25) is 0 Å². The molecule has 0 bridgehead atoms. The highest BCUT2D eigenvalue weighted by Gasteiger charge is 2.25. The van der Waals surface area contributed by atoms with Crippen molar-refractivity contribution < 1.29 is 14.6 Å². The summed E-state index contributed by atoms with van der Waals surface area (Å²) in [6.07, 6.45) is -0.914. The molecule has 1 aromatic carbocycles. The van der Waals surface area contributed by atoms with Gasteiger partial charge in [0.25, 0.3) is 0 Å². The Morgan fingerprint density at radius 1 is 1.25 bits per heavy atom. The molecule has 0 heterocycles. The van der Waals surface area contributed by atoms with Gasteiger partial charge in [-0.3, -0.25) is 4.79 Å². The molecule has 1 rings (SSSR count). The molecule has 0 aromatic heterocycles.